The van der Waals surface area contributed by atoms with Crippen LogP contribution < -0.4 is 10.6 Å². The maximum atomic E-state index is 12.2. The zero-order valence-electron chi connectivity index (χ0n) is 20.2. The molecule has 2 N–H and O–H groups in total. The van der Waals surface area contributed by atoms with Crippen LogP contribution in [0, 0.1) is 0 Å². The van der Waals surface area contributed by atoms with E-state index in [-0.39, 0.29) is 18.4 Å². The summed E-state index contributed by atoms with van der Waals surface area (Å²) in [7, 11) is 0. The van der Waals surface area contributed by atoms with Gasteiger partial charge in [0.15, 0.2) is 5.78 Å². The zero-order valence-corrected chi connectivity index (χ0v) is 20.2. The van der Waals surface area contributed by atoms with Crippen molar-refractivity contribution in [2.45, 2.75) is 27.3 Å². The smallest absolute Gasteiger partial charge is 0.319 e. The molecule has 0 unspecified atom stereocenters. The number of hydrogen-bond donors (Lipinski definition) is 2. The van der Waals surface area contributed by atoms with Gasteiger partial charge in [0.25, 0.3) is 0 Å². The molecule has 4 rings (SSSR count). The molecule has 3 aromatic carbocycles. The molecule has 7 heteroatoms. The van der Waals surface area contributed by atoms with Gasteiger partial charge in [-0.15, -0.1) is 0 Å². The van der Waals surface area contributed by atoms with Crippen molar-refractivity contribution < 1.29 is 14.4 Å². The van der Waals surface area contributed by atoms with Crippen LogP contribution in [0.4, 0.5) is 10.5 Å². The summed E-state index contributed by atoms with van der Waals surface area (Å²) in [5.74, 6) is 0.0182. The number of urea groups is 1. The number of ketones is 1. The monoisotopic (exact) mass is 470 g/mol. The van der Waals surface area contributed by atoms with E-state index in [4.69, 9.17) is 9.89 Å². The third-order valence-corrected chi connectivity index (χ3v) is 4.81. The minimum atomic E-state index is -0.298. The van der Waals surface area contributed by atoms with Crippen LogP contribution >= 0.6 is 0 Å². The number of nitrogens with zero attached hydrogens (tertiary/aromatic N) is 2. The van der Waals surface area contributed by atoms with Crippen molar-refractivity contribution in [2.75, 3.05) is 5.32 Å². The lowest BCUT2D eigenvalue weighted by atomic mass is 10.1. The fourth-order valence-corrected chi connectivity index (χ4v) is 3.23. The molecule has 1 heterocycles. The molecular formula is C28H30N4O3. The molecule has 1 aromatic heterocycles. The van der Waals surface area contributed by atoms with Gasteiger partial charge in [-0.25, -0.2) is 9.48 Å². The van der Waals surface area contributed by atoms with Gasteiger partial charge in [-0.2, -0.15) is 5.10 Å². The summed E-state index contributed by atoms with van der Waals surface area (Å²) in [5.41, 5.74) is 4.83. The fourth-order valence-electron chi connectivity index (χ4n) is 3.23. The first-order valence-corrected chi connectivity index (χ1v) is 11.2. The Morgan fingerprint density at radius 1 is 0.857 bits per heavy atom. The summed E-state index contributed by atoms with van der Waals surface area (Å²) >= 11 is 0. The van der Waals surface area contributed by atoms with Gasteiger partial charge in [0.1, 0.15) is 6.79 Å². The van der Waals surface area contributed by atoms with E-state index >= 15 is 0 Å². The lowest BCUT2D eigenvalue weighted by molar-refractivity contribution is -0.0980. The van der Waals surface area contributed by atoms with Gasteiger partial charge in [0, 0.05) is 16.8 Å². The minimum absolute atomic E-state index is 0.0182. The van der Waals surface area contributed by atoms with E-state index in [2.05, 4.69) is 10.6 Å². The van der Waals surface area contributed by atoms with Crippen molar-refractivity contribution in [1.29, 1.82) is 0 Å². The van der Waals surface area contributed by atoms with Crippen molar-refractivity contribution in [1.82, 2.24) is 15.1 Å². The number of benzene rings is 3. The number of rotatable bonds is 6. The third kappa shape index (κ3) is 7.50. The molecule has 0 radical (unpaired) electrons. The van der Waals surface area contributed by atoms with Crippen LogP contribution in [0.2, 0.25) is 0 Å². The van der Waals surface area contributed by atoms with E-state index in [0.717, 1.165) is 28.3 Å². The molecule has 0 aliphatic heterocycles. The second kappa shape index (κ2) is 13.9. The van der Waals surface area contributed by atoms with Crippen LogP contribution in [0.25, 0.3) is 16.9 Å². The van der Waals surface area contributed by atoms with Crippen LogP contribution in [0.5, 0.6) is 0 Å². The highest BCUT2D eigenvalue weighted by molar-refractivity contribution is 5.94. The SMILES string of the molecule is C=O.CC.CC(=O)c1ccc(-n2nc(CNC(=O)Nc3ccccc3)cc2-c2ccccc2)cc1. The highest BCUT2D eigenvalue weighted by Crippen LogP contribution is 2.24. The van der Waals surface area contributed by atoms with Crippen LogP contribution in [-0.2, 0) is 11.3 Å². The fraction of sp³-hybridized carbons (Fsp3) is 0.143. The Bertz CT molecular complexity index is 1200. The molecule has 0 aliphatic rings. The molecule has 0 atom stereocenters. The standard InChI is InChI=1S/C25H22N4O2.C2H6.CH2O/c1-18(30)19-12-14-23(15-13-19)29-24(20-8-4-2-5-9-20)16-22(28-29)17-26-25(31)27-21-10-6-3-7-11-21;2*1-2/h2-16H,17H2,1H3,(H2,26,27,31);1-2H3;1H2. The number of anilines is 1. The van der Waals surface area contributed by atoms with Gasteiger partial charge in [-0.1, -0.05) is 62.4 Å². The van der Waals surface area contributed by atoms with Crippen LogP contribution in [0.1, 0.15) is 36.8 Å². The van der Waals surface area contributed by atoms with Crippen LogP contribution in [0.3, 0.4) is 0 Å². The van der Waals surface area contributed by atoms with Gasteiger partial charge in [0.05, 0.1) is 23.6 Å². The Morgan fingerprint density at radius 3 is 2.00 bits per heavy atom. The highest BCUT2D eigenvalue weighted by Gasteiger charge is 2.13. The first kappa shape index (κ1) is 26.7. The number of amides is 2. The summed E-state index contributed by atoms with van der Waals surface area (Å²) in [6.45, 7) is 7.82. The van der Waals surface area contributed by atoms with Crippen LogP contribution in [-0.4, -0.2) is 28.4 Å². The van der Waals surface area contributed by atoms with Crippen molar-refractivity contribution in [2.24, 2.45) is 0 Å². The molecule has 0 fully saturated rings. The molecule has 180 valence electrons. The Kier molecular flexibility index (Phi) is 10.6. The number of para-hydroxylation sites is 1. The Labute approximate surface area is 205 Å². The minimum Gasteiger partial charge on any atom is -0.332 e. The van der Waals surface area contributed by atoms with E-state index in [1.165, 1.54) is 0 Å². The largest absolute Gasteiger partial charge is 0.332 e. The van der Waals surface area contributed by atoms with E-state index in [1.807, 2.05) is 104 Å². The molecule has 0 bridgehead atoms. The Morgan fingerprint density at radius 2 is 1.43 bits per heavy atom. The van der Waals surface area contributed by atoms with Crippen molar-refractivity contribution >= 4 is 24.3 Å². The number of Topliss-reactive ketones (excluding diaryl/α,β-unsaturated/α-hetero) is 1. The summed E-state index contributed by atoms with van der Waals surface area (Å²) < 4.78 is 1.82. The van der Waals surface area contributed by atoms with Gasteiger partial charge in [-0.3, -0.25) is 4.79 Å². The predicted molar refractivity (Wildman–Crippen MR) is 140 cm³/mol. The molecule has 35 heavy (non-hydrogen) atoms. The summed E-state index contributed by atoms with van der Waals surface area (Å²) in [6, 6.07) is 28.2. The normalized spacial score (nSPS) is 9.57. The van der Waals surface area contributed by atoms with E-state index in [0.29, 0.717) is 5.56 Å². The summed E-state index contributed by atoms with van der Waals surface area (Å²) in [5, 5.41) is 10.3. The average molecular weight is 471 g/mol. The second-order valence-electron chi connectivity index (χ2n) is 7.08. The first-order chi connectivity index (χ1) is 17.1. The van der Waals surface area contributed by atoms with Crippen molar-refractivity contribution in [3.63, 3.8) is 0 Å². The average Bonchev–Trinajstić information content (AvgIpc) is 3.35. The lowest BCUT2D eigenvalue weighted by Gasteiger charge is -2.08. The molecule has 2 amide bonds. The summed E-state index contributed by atoms with van der Waals surface area (Å²) in [6.07, 6.45) is 0. The number of aromatic nitrogens is 2. The van der Waals surface area contributed by atoms with E-state index < -0.39 is 0 Å². The van der Waals surface area contributed by atoms with Gasteiger partial charge >= 0.3 is 6.03 Å². The van der Waals surface area contributed by atoms with Crippen molar-refractivity contribution in [3.8, 4) is 16.9 Å². The molecule has 0 aliphatic carbocycles. The van der Waals surface area contributed by atoms with Gasteiger partial charge in [-0.05, 0) is 49.4 Å². The lowest BCUT2D eigenvalue weighted by Crippen LogP contribution is -2.28. The number of hydrogen-bond acceptors (Lipinski definition) is 4. The summed E-state index contributed by atoms with van der Waals surface area (Å²) in [4.78, 5) is 31.8. The van der Waals surface area contributed by atoms with Gasteiger partial charge < -0.3 is 15.4 Å². The Hall–Kier alpha value is -4.52. The second-order valence-corrected chi connectivity index (χ2v) is 7.08. The highest BCUT2D eigenvalue weighted by atomic mass is 16.2. The molecule has 0 spiro atoms. The number of carbonyl (C=O) groups excluding carboxylic acids is 3. The molecule has 4 aromatic rings. The maximum absolute atomic E-state index is 12.2. The number of carbonyl (C=O) groups is 3. The first-order valence-electron chi connectivity index (χ1n) is 11.2. The van der Waals surface area contributed by atoms with E-state index in [9.17, 15) is 9.59 Å². The quantitative estimate of drug-likeness (QED) is 0.343. The molecule has 0 saturated heterocycles. The zero-order chi connectivity index (χ0) is 25.6. The number of nitrogens with one attached hydrogen (secondary N) is 2. The van der Waals surface area contributed by atoms with Gasteiger partial charge in [0.2, 0.25) is 0 Å². The maximum Gasteiger partial charge on any atom is 0.319 e. The van der Waals surface area contributed by atoms with Crippen LogP contribution in [0.15, 0.2) is 91.0 Å². The van der Waals surface area contributed by atoms with E-state index in [1.54, 1.807) is 19.1 Å². The molecular weight excluding hydrogens is 440 g/mol. The Balaban J connectivity index is 0.00000103. The third-order valence-electron chi connectivity index (χ3n) is 4.81. The predicted octanol–water partition coefficient (Wildman–Crippen LogP) is 5.90. The van der Waals surface area contributed by atoms with Crippen molar-refractivity contribution in [3.05, 3.63) is 102 Å². The molecule has 0 saturated carbocycles. The topological polar surface area (TPSA) is 93.1 Å². The molecule has 7 nitrogen and oxygen atoms in total.